The first kappa shape index (κ1) is 11.3. The van der Waals surface area contributed by atoms with Gasteiger partial charge in [-0.1, -0.05) is 6.07 Å². The molecule has 0 spiro atoms. The Labute approximate surface area is 108 Å². The maximum absolute atomic E-state index is 12.0. The van der Waals surface area contributed by atoms with Crippen LogP contribution in [0.25, 0.3) is 0 Å². The maximum Gasteiger partial charge on any atom is 0.211 e. The van der Waals surface area contributed by atoms with Gasteiger partial charge in [0.25, 0.3) is 0 Å². The summed E-state index contributed by atoms with van der Waals surface area (Å²) in [6.45, 7) is 1.88. The molecular weight excluding hydrogens is 313 g/mol. The van der Waals surface area contributed by atoms with Gasteiger partial charge >= 0.3 is 0 Å². The van der Waals surface area contributed by atoms with Crippen LogP contribution in [0.1, 0.15) is 21.7 Å². The molecule has 1 aromatic carbocycles. The second kappa shape index (κ2) is 4.74. The highest BCUT2D eigenvalue weighted by atomic mass is 127. The van der Waals surface area contributed by atoms with Crippen LogP contribution in [0.4, 0.5) is 0 Å². The van der Waals surface area contributed by atoms with E-state index in [1.807, 2.05) is 43.3 Å². The van der Waals surface area contributed by atoms with Crippen molar-refractivity contribution in [1.82, 2.24) is 4.98 Å². The van der Waals surface area contributed by atoms with Gasteiger partial charge in [0.2, 0.25) is 5.78 Å². The zero-order valence-corrected chi connectivity index (χ0v) is 10.9. The number of aromatic nitrogens is 1. The Morgan fingerprint density at radius 2 is 1.81 bits per heavy atom. The summed E-state index contributed by atoms with van der Waals surface area (Å²) in [6, 6.07) is 13.0. The Balaban J connectivity index is 2.35. The van der Waals surface area contributed by atoms with E-state index >= 15 is 0 Å². The van der Waals surface area contributed by atoms with Crippen LogP contribution in [0.3, 0.4) is 0 Å². The van der Waals surface area contributed by atoms with Gasteiger partial charge in [0, 0.05) is 14.8 Å². The molecule has 0 radical (unpaired) electrons. The van der Waals surface area contributed by atoms with Crippen molar-refractivity contribution in [3.8, 4) is 0 Å². The van der Waals surface area contributed by atoms with Crippen molar-refractivity contribution in [2.75, 3.05) is 0 Å². The van der Waals surface area contributed by atoms with E-state index < -0.39 is 0 Å². The summed E-state index contributed by atoms with van der Waals surface area (Å²) in [5.41, 5.74) is 2.04. The first-order chi connectivity index (χ1) is 7.66. The summed E-state index contributed by atoms with van der Waals surface area (Å²) in [6.07, 6.45) is 0. The van der Waals surface area contributed by atoms with E-state index in [1.165, 1.54) is 0 Å². The van der Waals surface area contributed by atoms with Gasteiger partial charge in [-0.05, 0) is 65.9 Å². The molecule has 3 heteroatoms. The Kier molecular flexibility index (Phi) is 3.33. The molecule has 0 aliphatic carbocycles. The number of carbonyl (C=O) groups is 1. The Hall–Kier alpha value is -1.23. The van der Waals surface area contributed by atoms with E-state index in [0.29, 0.717) is 11.3 Å². The van der Waals surface area contributed by atoms with Crippen LogP contribution in [0, 0.1) is 10.5 Å². The van der Waals surface area contributed by atoms with Crippen LogP contribution >= 0.6 is 22.6 Å². The van der Waals surface area contributed by atoms with Crippen LogP contribution < -0.4 is 0 Å². The standard InChI is InChI=1S/C13H10INO/c1-9-3-2-4-12(15-9)13(16)10-5-7-11(14)8-6-10/h2-8H,1H3. The number of nitrogens with zero attached hydrogens (tertiary/aromatic N) is 1. The van der Waals surface area contributed by atoms with E-state index in [1.54, 1.807) is 6.07 Å². The third-order valence-corrected chi connectivity index (χ3v) is 2.95. The number of halogens is 1. The van der Waals surface area contributed by atoms with Crippen LogP contribution in [0.5, 0.6) is 0 Å². The lowest BCUT2D eigenvalue weighted by Gasteiger charge is -2.01. The third-order valence-electron chi connectivity index (χ3n) is 2.23. The first-order valence-electron chi connectivity index (χ1n) is 4.91. The molecule has 0 saturated carbocycles. The van der Waals surface area contributed by atoms with Crippen LogP contribution in [0.15, 0.2) is 42.5 Å². The van der Waals surface area contributed by atoms with Crippen molar-refractivity contribution in [2.24, 2.45) is 0 Å². The molecule has 0 atom stereocenters. The lowest BCUT2D eigenvalue weighted by Crippen LogP contribution is -2.04. The van der Waals surface area contributed by atoms with Gasteiger partial charge < -0.3 is 0 Å². The Bertz CT molecular complexity index is 520. The van der Waals surface area contributed by atoms with E-state index in [4.69, 9.17) is 0 Å². The summed E-state index contributed by atoms with van der Waals surface area (Å²) in [4.78, 5) is 16.3. The van der Waals surface area contributed by atoms with Crippen molar-refractivity contribution in [2.45, 2.75) is 6.92 Å². The lowest BCUT2D eigenvalue weighted by atomic mass is 10.1. The molecule has 0 unspecified atom stereocenters. The smallest absolute Gasteiger partial charge is 0.211 e. The summed E-state index contributed by atoms with van der Waals surface area (Å²) in [7, 11) is 0. The highest BCUT2D eigenvalue weighted by Gasteiger charge is 2.09. The molecule has 0 fully saturated rings. The first-order valence-corrected chi connectivity index (χ1v) is 5.98. The normalized spacial score (nSPS) is 10.1. The zero-order valence-electron chi connectivity index (χ0n) is 8.77. The second-order valence-electron chi connectivity index (χ2n) is 3.50. The molecule has 0 aliphatic heterocycles. The number of rotatable bonds is 2. The molecule has 0 saturated heterocycles. The average Bonchev–Trinajstić information content (AvgIpc) is 2.29. The van der Waals surface area contributed by atoms with E-state index in [0.717, 1.165) is 9.26 Å². The fourth-order valence-corrected chi connectivity index (χ4v) is 1.78. The van der Waals surface area contributed by atoms with Gasteiger partial charge in [0.15, 0.2) is 0 Å². The largest absolute Gasteiger partial charge is 0.287 e. The van der Waals surface area contributed by atoms with Gasteiger partial charge in [-0.3, -0.25) is 4.79 Å². The molecule has 80 valence electrons. The fourth-order valence-electron chi connectivity index (χ4n) is 1.42. The minimum atomic E-state index is -0.0277. The number of ketones is 1. The number of aryl methyl sites for hydroxylation is 1. The highest BCUT2D eigenvalue weighted by Crippen LogP contribution is 2.11. The highest BCUT2D eigenvalue weighted by molar-refractivity contribution is 14.1. The Morgan fingerprint density at radius 3 is 2.44 bits per heavy atom. The van der Waals surface area contributed by atoms with E-state index in [9.17, 15) is 4.79 Å². The number of hydrogen-bond acceptors (Lipinski definition) is 2. The molecule has 0 amide bonds. The van der Waals surface area contributed by atoms with Gasteiger partial charge in [-0.15, -0.1) is 0 Å². The second-order valence-corrected chi connectivity index (χ2v) is 4.75. The van der Waals surface area contributed by atoms with Gasteiger partial charge in [0.05, 0.1) is 0 Å². The van der Waals surface area contributed by atoms with Crippen molar-refractivity contribution in [1.29, 1.82) is 0 Å². The van der Waals surface area contributed by atoms with Crippen molar-refractivity contribution >= 4 is 28.4 Å². The zero-order chi connectivity index (χ0) is 11.5. The van der Waals surface area contributed by atoms with Crippen molar-refractivity contribution in [3.63, 3.8) is 0 Å². The number of pyridine rings is 1. The fraction of sp³-hybridized carbons (Fsp3) is 0.0769. The topological polar surface area (TPSA) is 30.0 Å². The van der Waals surface area contributed by atoms with Crippen molar-refractivity contribution in [3.05, 3.63) is 63.0 Å². The minimum Gasteiger partial charge on any atom is -0.287 e. The summed E-state index contributed by atoms with van der Waals surface area (Å²) < 4.78 is 1.12. The molecule has 0 bridgehead atoms. The molecule has 16 heavy (non-hydrogen) atoms. The SMILES string of the molecule is Cc1cccc(C(=O)c2ccc(I)cc2)n1. The van der Waals surface area contributed by atoms with E-state index in [2.05, 4.69) is 27.6 Å². The summed E-state index contributed by atoms with van der Waals surface area (Å²) >= 11 is 2.21. The molecule has 1 aromatic heterocycles. The molecule has 2 aromatic rings. The van der Waals surface area contributed by atoms with Gasteiger partial charge in [-0.25, -0.2) is 4.98 Å². The molecule has 0 N–H and O–H groups in total. The van der Waals surface area contributed by atoms with E-state index in [-0.39, 0.29) is 5.78 Å². The van der Waals surface area contributed by atoms with Gasteiger partial charge in [-0.2, -0.15) is 0 Å². The summed E-state index contributed by atoms with van der Waals surface area (Å²) in [5, 5.41) is 0. The monoisotopic (exact) mass is 323 g/mol. The molecule has 0 aliphatic rings. The third kappa shape index (κ3) is 2.47. The Morgan fingerprint density at radius 1 is 1.12 bits per heavy atom. The lowest BCUT2D eigenvalue weighted by molar-refractivity contribution is 0.103. The summed E-state index contributed by atoms with van der Waals surface area (Å²) in [5.74, 6) is -0.0277. The van der Waals surface area contributed by atoms with Crippen LogP contribution in [-0.2, 0) is 0 Å². The molecular formula is C13H10INO. The van der Waals surface area contributed by atoms with Crippen LogP contribution in [-0.4, -0.2) is 10.8 Å². The van der Waals surface area contributed by atoms with Crippen molar-refractivity contribution < 1.29 is 4.79 Å². The quantitative estimate of drug-likeness (QED) is 0.627. The maximum atomic E-state index is 12.0. The van der Waals surface area contributed by atoms with Gasteiger partial charge in [0.1, 0.15) is 5.69 Å². The molecule has 2 nitrogen and oxygen atoms in total. The number of carbonyl (C=O) groups excluding carboxylic acids is 1. The molecule has 1 heterocycles. The predicted octanol–water partition coefficient (Wildman–Crippen LogP) is 3.23. The molecule has 2 rings (SSSR count). The number of benzene rings is 1. The van der Waals surface area contributed by atoms with Crippen LogP contribution in [0.2, 0.25) is 0 Å². The average molecular weight is 323 g/mol. The minimum absolute atomic E-state index is 0.0277. The predicted molar refractivity (Wildman–Crippen MR) is 71.6 cm³/mol. The number of hydrogen-bond donors (Lipinski definition) is 0.